The largest absolute Gasteiger partial charge is 0.501 e. The molecule has 2 aromatic heterocycles. The number of aliphatic hydroxyl groups excluding tert-OH is 1. The number of aliphatic hydroxyl groups is 1. The SMILES string of the molecule is Cc1ncsc1-c1ccc([C@H](C)NC(=O)[C@@H]2C[C@@H](O)CN2C(=O)[C@@H](NC(=O)CCCCCNC(=O)c2cnc(N3CCN(C[C@]4(C)CCC(c5ccc(Cl)cc5)=C(CN5CCN(c6ccc(C(=O)NS(=O)(=O)c7ccc(N[C@H](CCN8CCCOCC8)CSc8ccccc8)c(S(=O)(=O)C(F)(F)F)c7)cc6)CC5)C4)CC3)nc2)C(C)(C)C)cc1. The van der Waals surface area contributed by atoms with E-state index in [1.54, 1.807) is 35.9 Å². The van der Waals surface area contributed by atoms with Crippen LogP contribution in [-0.2, 0) is 39.0 Å². The number of halogens is 4. The number of likely N-dealkylation sites (tertiary alicyclic amines) is 1. The lowest BCUT2D eigenvalue weighted by molar-refractivity contribution is -0.144. The minimum absolute atomic E-state index is 0.0282. The Kier molecular flexibility index (Phi) is 30.1. The number of amides is 5. The lowest BCUT2D eigenvalue weighted by Crippen LogP contribution is -2.57. The normalized spacial score (nSPS) is 19.7. The zero-order chi connectivity index (χ0) is 84.8. The van der Waals surface area contributed by atoms with E-state index in [0.29, 0.717) is 113 Å². The fraction of sp³-hybridized carbons (Fsp3) is 0.488. The number of ether oxygens (including phenoxy) is 1. The molecule has 0 radical (unpaired) electrons. The van der Waals surface area contributed by atoms with Crippen molar-refractivity contribution in [3.05, 3.63) is 178 Å². The quantitative estimate of drug-likeness (QED) is 0.0169. The van der Waals surface area contributed by atoms with E-state index < -0.39 is 82.3 Å². The summed E-state index contributed by atoms with van der Waals surface area (Å²) in [6.45, 7) is 22.6. The van der Waals surface area contributed by atoms with Gasteiger partial charge < -0.3 is 50.7 Å². The number of carbonyl (C=O) groups is 5. The Labute approximate surface area is 709 Å². The van der Waals surface area contributed by atoms with Gasteiger partial charge in [0.25, 0.3) is 31.7 Å². The zero-order valence-corrected chi connectivity index (χ0v) is 72.2. The lowest BCUT2D eigenvalue weighted by atomic mass is 9.71. The minimum atomic E-state index is -6.12. The molecule has 25 nitrogen and oxygen atoms in total. The summed E-state index contributed by atoms with van der Waals surface area (Å²) in [7, 11) is -11.0. The second kappa shape index (κ2) is 40.0. The number of allylic oxidation sites excluding steroid dienone is 1. The van der Waals surface area contributed by atoms with E-state index in [9.17, 15) is 59.1 Å². The van der Waals surface area contributed by atoms with Crippen molar-refractivity contribution in [2.24, 2.45) is 10.8 Å². The molecule has 0 unspecified atom stereocenters. The molecule has 0 bridgehead atoms. The first-order valence-corrected chi connectivity index (χ1v) is 45.9. The van der Waals surface area contributed by atoms with E-state index >= 15 is 0 Å². The number of rotatable bonds is 32. The number of anilines is 3. The van der Waals surface area contributed by atoms with Gasteiger partial charge in [-0.1, -0.05) is 106 Å². The van der Waals surface area contributed by atoms with Crippen LogP contribution in [0.1, 0.15) is 142 Å². The van der Waals surface area contributed by atoms with E-state index in [4.69, 9.17) is 16.3 Å². The zero-order valence-electron chi connectivity index (χ0n) is 68.2. The van der Waals surface area contributed by atoms with Gasteiger partial charge in [-0.3, -0.25) is 33.8 Å². The molecule has 12 rings (SSSR count). The molecule has 640 valence electrons. The van der Waals surface area contributed by atoms with E-state index in [1.807, 2.05) is 112 Å². The predicted molar refractivity (Wildman–Crippen MR) is 459 cm³/mol. The summed E-state index contributed by atoms with van der Waals surface area (Å²) < 4.78 is 105. The molecular formula is C86H108ClF3N14O11S4. The molecule has 6 N–H and O–H groups in total. The van der Waals surface area contributed by atoms with Gasteiger partial charge in [0.1, 0.15) is 17.0 Å². The Balaban J connectivity index is 0.578. The molecule has 7 aromatic rings. The number of nitrogens with zero attached hydrogens (tertiary/aromatic N) is 9. The maximum absolute atomic E-state index is 14.5. The number of alkyl halides is 3. The summed E-state index contributed by atoms with van der Waals surface area (Å²) in [5.74, 6) is -1.60. The Hall–Kier alpha value is -8.57. The van der Waals surface area contributed by atoms with Gasteiger partial charge in [0, 0.05) is 163 Å². The molecule has 33 heteroatoms. The fourth-order valence-electron chi connectivity index (χ4n) is 16.1. The second-order valence-corrected chi connectivity index (χ2v) is 38.9. The predicted octanol–water partition coefficient (Wildman–Crippen LogP) is 11.9. The number of sulfone groups is 1. The standard InChI is InChI=1S/C86H108ClF3N14O11S4/c1-58(60-17-19-62(20-18-60)77-59(2)94-57-117-77)95-81(109)74-48-69(105)54-104(74)82(110)78(84(3,4)5)97-76(106)16-11-8-12-34-91-79(107)65-51-92-83(93-52-65)103-43-39-101(40-44-103)56-85(6)33-31-72(61-21-25-66(87)26-22-61)64(50-85)53-100-37-41-102(42-38-100)68-27-23-63(24-28-68)80(108)98-119(113,114)71-29-30-73(75(49-71)118(111,112)86(88,89)90)96-67(55-116-70-14-9-7-10-15-70)32-36-99-35-13-46-115-47-45-99/h7,9-10,14-15,17-30,49,51-52,57-58,67,69,74,78,96,105H,8,11-13,16,31-48,50,53-56H2,1-6H3,(H,91,107)(H,95,109)(H,97,106)(H,98,108)/t58-,67+,69+,74-,78+,85+/m0/s1. The molecule has 119 heavy (non-hydrogen) atoms. The summed E-state index contributed by atoms with van der Waals surface area (Å²) in [5.41, 5.74) is 2.68. The highest BCUT2D eigenvalue weighted by Gasteiger charge is 2.49. The van der Waals surface area contributed by atoms with Crippen molar-refractivity contribution in [2.75, 3.05) is 132 Å². The van der Waals surface area contributed by atoms with E-state index in [2.05, 4.69) is 79.8 Å². The molecular weight excluding hydrogens is 1630 g/mol. The van der Waals surface area contributed by atoms with E-state index in [0.717, 1.165) is 121 Å². The Morgan fingerprint density at radius 1 is 0.756 bits per heavy atom. The Morgan fingerprint density at radius 3 is 2.13 bits per heavy atom. The number of hydrogen-bond acceptors (Lipinski definition) is 22. The van der Waals surface area contributed by atoms with Crippen molar-refractivity contribution in [1.29, 1.82) is 0 Å². The number of benzene rings is 5. The molecule has 1 aliphatic carbocycles. The topological polar surface area (TPSA) is 301 Å². The summed E-state index contributed by atoms with van der Waals surface area (Å²) in [5, 5.41) is 23.4. The minimum Gasteiger partial charge on any atom is -0.391 e. The average molecular weight is 1730 g/mol. The third-order valence-electron chi connectivity index (χ3n) is 22.9. The van der Waals surface area contributed by atoms with E-state index in [-0.39, 0.29) is 54.1 Å². The smallest absolute Gasteiger partial charge is 0.391 e. The van der Waals surface area contributed by atoms with Crippen molar-refractivity contribution in [2.45, 2.75) is 156 Å². The van der Waals surface area contributed by atoms with Crippen LogP contribution in [0.15, 0.2) is 159 Å². The van der Waals surface area contributed by atoms with Crippen LogP contribution >= 0.6 is 34.7 Å². The molecule has 4 saturated heterocycles. The van der Waals surface area contributed by atoms with Crippen molar-refractivity contribution in [3.8, 4) is 10.4 Å². The lowest BCUT2D eigenvalue weighted by Gasteiger charge is -2.44. The molecule has 5 aromatic carbocycles. The molecule has 6 heterocycles. The van der Waals surface area contributed by atoms with Gasteiger partial charge in [-0.2, -0.15) is 13.2 Å². The molecule has 4 fully saturated rings. The molecule has 0 spiro atoms. The first-order valence-electron chi connectivity index (χ1n) is 40.7. The Morgan fingerprint density at radius 2 is 1.45 bits per heavy atom. The van der Waals surface area contributed by atoms with Gasteiger partial charge in [-0.15, -0.1) is 23.1 Å². The van der Waals surface area contributed by atoms with Gasteiger partial charge in [0.2, 0.25) is 23.7 Å². The third kappa shape index (κ3) is 23.8. The van der Waals surface area contributed by atoms with Crippen LogP contribution in [0.3, 0.4) is 0 Å². The average Bonchev–Trinajstić information content (AvgIpc) is 1.42. The Bertz CT molecular complexity index is 4910. The number of unbranched alkanes of at least 4 members (excludes halogenated alkanes) is 2. The number of carbonyl (C=O) groups excluding carboxylic acids is 5. The summed E-state index contributed by atoms with van der Waals surface area (Å²) in [6, 6.07) is 31.3. The van der Waals surface area contributed by atoms with Crippen molar-refractivity contribution in [1.82, 2.24) is 55.2 Å². The number of aryl methyl sites for hydroxylation is 1. The highest BCUT2D eigenvalue weighted by Crippen LogP contribution is 2.45. The second-order valence-electron chi connectivity index (χ2n) is 33.0. The summed E-state index contributed by atoms with van der Waals surface area (Å²) in [4.78, 5) is 94.8. The third-order valence-corrected chi connectivity index (χ3v) is 28.1. The summed E-state index contributed by atoms with van der Waals surface area (Å²) in [6.07, 6.45) is 8.17. The van der Waals surface area contributed by atoms with Crippen LogP contribution in [0.25, 0.3) is 16.0 Å². The fourth-order valence-corrected chi connectivity index (χ4v) is 20.1. The van der Waals surface area contributed by atoms with Crippen molar-refractivity contribution < 1.29 is 63.8 Å². The van der Waals surface area contributed by atoms with Crippen LogP contribution in [0.2, 0.25) is 5.02 Å². The first kappa shape index (κ1) is 89.7. The molecule has 5 amide bonds. The number of hydrogen-bond donors (Lipinski definition) is 6. The molecule has 4 aliphatic heterocycles. The maximum atomic E-state index is 14.5. The number of thioether (sulfide) groups is 1. The number of aromatic nitrogens is 3. The molecule has 5 aliphatic rings. The number of sulfonamides is 1. The van der Waals surface area contributed by atoms with Crippen LogP contribution in [0.4, 0.5) is 30.5 Å². The van der Waals surface area contributed by atoms with Crippen LogP contribution in [0, 0.1) is 17.8 Å². The van der Waals surface area contributed by atoms with Gasteiger partial charge >= 0.3 is 5.51 Å². The number of thiazole rings is 1. The van der Waals surface area contributed by atoms with Crippen molar-refractivity contribution >= 4 is 107 Å². The number of piperazine rings is 2. The highest BCUT2D eigenvalue weighted by atomic mass is 35.5. The van der Waals surface area contributed by atoms with Crippen LogP contribution in [-0.4, -0.2) is 233 Å². The van der Waals surface area contributed by atoms with Gasteiger partial charge in [0.05, 0.1) is 51.0 Å². The van der Waals surface area contributed by atoms with Gasteiger partial charge in [0.15, 0.2) is 0 Å². The van der Waals surface area contributed by atoms with Crippen molar-refractivity contribution in [3.63, 3.8) is 0 Å². The number of nitrogens with one attached hydrogen (secondary N) is 5. The van der Waals surface area contributed by atoms with Gasteiger partial charge in [-0.05, 0) is 159 Å². The molecule has 6 atom stereocenters. The van der Waals surface area contributed by atoms with E-state index in [1.165, 1.54) is 39.9 Å². The van der Waals surface area contributed by atoms with Crippen LogP contribution < -0.4 is 35.8 Å². The monoisotopic (exact) mass is 1730 g/mol. The highest BCUT2D eigenvalue weighted by molar-refractivity contribution is 7.99. The van der Waals surface area contributed by atoms with Crippen LogP contribution in [0.5, 0.6) is 0 Å². The first-order chi connectivity index (χ1) is 56.8. The maximum Gasteiger partial charge on any atom is 0.501 e. The summed E-state index contributed by atoms with van der Waals surface area (Å²) >= 11 is 9.41. The van der Waals surface area contributed by atoms with Gasteiger partial charge in [-0.25, -0.2) is 36.5 Å². The number of β-amino-alcohol motifs (C(OH)–C–C–N with tert-alkyl or cyclic N) is 1. The molecule has 0 saturated carbocycles.